The normalized spacial score (nSPS) is 13.6. The van der Waals surface area contributed by atoms with Crippen LogP contribution in [-0.2, 0) is 16.3 Å². The van der Waals surface area contributed by atoms with Crippen LogP contribution in [0.3, 0.4) is 0 Å². The third-order valence-corrected chi connectivity index (χ3v) is 3.35. The van der Waals surface area contributed by atoms with Gasteiger partial charge in [0.15, 0.2) is 11.6 Å². The number of rotatable bonds is 5. The summed E-state index contributed by atoms with van der Waals surface area (Å²) in [6.45, 7) is 0. The van der Waals surface area contributed by atoms with Crippen LogP contribution in [-0.4, -0.2) is 26.5 Å². The highest BCUT2D eigenvalue weighted by Crippen LogP contribution is 2.13. The Morgan fingerprint density at radius 3 is 2.59 bits per heavy atom. The van der Waals surface area contributed by atoms with Gasteiger partial charge in [0, 0.05) is 12.3 Å². The largest absolute Gasteiger partial charge is 0.327 e. The molecule has 0 amide bonds. The lowest BCUT2D eigenvalue weighted by Gasteiger charge is -2.11. The zero-order valence-electron chi connectivity index (χ0n) is 9.49. The molecule has 1 rings (SSSR count). The summed E-state index contributed by atoms with van der Waals surface area (Å²) in [5.74, 6) is -1.88. The highest BCUT2D eigenvalue weighted by molar-refractivity contribution is 7.90. The minimum atomic E-state index is -3.08. The Kier molecular flexibility index (Phi) is 4.59. The van der Waals surface area contributed by atoms with Gasteiger partial charge in [0.25, 0.3) is 0 Å². The second-order valence-electron chi connectivity index (χ2n) is 4.10. The monoisotopic (exact) mass is 263 g/mol. The van der Waals surface area contributed by atoms with Gasteiger partial charge in [-0.1, -0.05) is 12.1 Å². The van der Waals surface area contributed by atoms with Gasteiger partial charge < -0.3 is 5.73 Å². The van der Waals surface area contributed by atoms with Gasteiger partial charge in [-0.05, 0) is 24.5 Å². The molecule has 1 aromatic rings. The van der Waals surface area contributed by atoms with Gasteiger partial charge in [0.2, 0.25) is 0 Å². The Hall–Kier alpha value is -1.01. The topological polar surface area (TPSA) is 60.2 Å². The van der Waals surface area contributed by atoms with E-state index in [1.807, 2.05) is 0 Å². The van der Waals surface area contributed by atoms with Crippen LogP contribution in [0.4, 0.5) is 8.78 Å². The van der Waals surface area contributed by atoms with Crippen molar-refractivity contribution in [2.45, 2.75) is 18.9 Å². The molecule has 0 bridgehead atoms. The molecule has 0 aliphatic heterocycles. The van der Waals surface area contributed by atoms with Crippen LogP contribution >= 0.6 is 0 Å². The van der Waals surface area contributed by atoms with Crippen molar-refractivity contribution in [3.05, 3.63) is 35.4 Å². The van der Waals surface area contributed by atoms with Gasteiger partial charge >= 0.3 is 0 Å². The van der Waals surface area contributed by atoms with Crippen LogP contribution in [0.2, 0.25) is 0 Å². The Morgan fingerprint density at radius 1 is 1.35 bits per heavy atom. The van der Waals surface area contributed by atoms with E-state index >= 15 is 0 Å². The lowest BCUT2D eigenvalue weighted by atomic mass is 10.0. The smallest absolute Gasteiger partial charge is 0.162 e. The highest BCUT2D eigenvalue weighted by Gasteiger charge is 2.13. The summed E-state index contributed by atoms with van der Waals surface area (Å²) < 4.78 is 48.0. The summed E-state index contributed by atoms with van der Waals surface area (Å²) in [5, 5.41) is 0. The molecule has 1 atom stereocenters. The van der Waals surface area contributed by atoms with Crippen LogP contribution in [0.5, 0.6) is 0 Å². The van der Waals surface area contributed by atoms with Crippen LogP contribution in [0, 0.1) is 11.6 Å². The second kappa shape index (κ2) is 5.55. The van der Waals surface area contributed by atoms with Crippen LogP contribution in [0.15, 0.2) is 18.2 Å². The standard InChI is InChI=1S/C11H15F2NO2S/c1-17(15,16)6-5-9(14)7-8-3-2-4-10(12)11(8)13/h2-4,9H,5-7,14H2,1H3. The van der Waals surface area contributed by atoms with E-state index in [1.165, 1.54) is 12.1 Å². The highest BCUT2D eigenvalue weighted by atomic mass is 32.2. The SMILES string of the molecule is CS(=O)(=O)CCC(N)Cc1cccc(F)c1F. The molecule has 2 N–H and O–H groups in total. The molecule has 0 saturated heterocycles. The van der Waals surface area contributed by atoms with Crippen molar-refractivity contribution in [3.63, 3.8) is 0 Å². The molecule has 1 aromatic carbocycles. The van der Waals surface area contributed by atoms with Crippen molar-refractivity contribution in [1.29, 1.82) is 0 Å². The van der Waals surface area contributed by atoms with Crippen molar-refractivity contribution >= 4 is 9.84 Å². The van der Waals surface area contributed by atoms with E-state index in [1.54, 1.807) is 0 Å². The molecule has 96 valence electrons. The van der Waals surface area contributed by atoms with Crippen molar-refractivity contribution in [1.82, 2.24) is 0 Å². The first-order valence-corrected chi connectivity index (χ1v) is 7.22. The molecule has 0 aromatic heterocycles. The molecule has 3 nitrogen and oxygen atoms in total. The van der Waals surface area contributed by atoms with Gasteiger partial charge in [-0.15, -0.1) is 0 Å². The molecule has 17 heavy (non-hydrogen) atoms. The summed E-state index contributed by atoms with van der Waals surface area (Å²) in [4.78, 5) is 0. The second-order valence-corrected chi connectivity index (χ2v) is 6.36. The fourth-order valence-electron chi connectivity index (χ4n) is 1.46. The molecular formula is C11H15F2NO2S. The maximum Gasteiger partial charge on any atom is 0.162 e. The average molecular weight is 263 g/mol. The summed E-state index contributed by atoms with van der Waals surface area (Å²) >= 11 is 0. The van der Waals surface area contributed by atoms with Crippen molar-refractivity contribution in [3.8, 4) is 0 Å². The third-order valence-electron chi connectivity index (χ3n) is 2.37. The Bertz CT molecular complexity index is 488. The Balaban J connectivity index is 2.62. The van der Waals surface area contributed by atoms with Crippen LogP contribution < -0.4 is 5.73 Å². The minimum Gasteiger partial charge on any atom is -0.327 e. The van der Waals surface area contributed by atoms with Gasteiger partial charge in [-0.3, -0.25) is 0 Å². The molecular weight excluding hydrogens is 248 g/mol. The van der Waals surface area contributed by atoms with E-state index in [-0.39, 0.29) is 24.2 Å². The average Bonchev–Trinajstić information content (AvgIpc) is 2.21. The predicted molar refractivity (Wildman–Crippen MR) is 62.4 cm³/mol. The molecule has 0 saturated carbocycles. The maximum absolute atomic E-state index is 13.3. The van der Waals surface area contributed by atoms with Crippen molar-refractivity contribution < 1.29 is 17.2 Å². The summed E-state index contributed by atoms with van der Waals surface area (Å²) in [7, 11) is -3.08. The first kappa shape index (κ1) is 14.1. The van der Waals surface area contributed by atoms with Gasteiger partial charge in [0.1, 0.15) is 9.84 Å². The summed E-state index contributed by atoms with van der Waals surface area (Å²) in [5.41, 5.74) is 5.85. The van der Waals surface area contributed by atoms with Gasteiger partial charge in [-0.25, -0.2) is 17.2 Å². The van der Waals surface area contributed by atoms with Gasteiger partial charge in [0.05, 0.1) is 5.75 Å². The van der Waals surface area contributed by atoms with E-state index < -0.39 is 27.5 Å². The quantitative estimate of drug-likeness (QED) is 0.870. The van der Waals surface area contributed by atoms with Crippen LogP contribution in [0.1, 0.15) is 12.0 Å². The number of nitrogens with two attached hydrogens (primary N) is 1. The zero-order valence-corrected chi connectivity index (χ0v) is 10.3. The lowest BCUT2D eigenvalue weighted by Crippen LogP contribution is -2.26. The molecule has 0 fully saturated rings. The number of halogens is 2. The van der Waals surface area contributed by atoms with Crippen molar-refractivity contribution in [2.24, 2.45) is 5.73 Å². The third kappa shape index (κ3) is 4.79. The fraction of sp³-hybridized carbons (Fsp3) is 0.455. The number of hydrogen-bond acceptors (Lipinski definition) is 3. The lowest BCUT2D eigenvalue weighted by molar-refractivity contribution is 0.491. The molecule has 0 spiro atoms. The molecule has 0 aliphatic rings. The van der Waals surface area contributed by atoms with E-state index in [2.05, 4.69) is 0 Å². The number of benzene rings is 1. The Morgan fingerprint density at radius 2 is 2.00 bits per heavy atom. The maximum atomic E-state index is 13.3. The number of hydrogen-bond donors (Lipinski definition) is 1. The predicted octanol–water partition coefficient (Wildman–Crippen LogP) is 1.27. The van der Waals surface area contributed by atoms with Crippen LogP contribution in [0.25, 0.3) is 0 Å². The first-order chi connectivity index (χ1) is 7.79. The summed E-state index contributed by atoms with van der Waals surface area (Å²) in [6, 6.07) is 3.37. The molecule has 1 unspecified atom stereocenters. The van der Waals surface area contributed by atoms with Gasteiger partial charge in [-0.2, -0.15) is 0 Å². The van der Waals surface area contributed by atoms with E-state index in [0.717, 1.165) is 12.3 Å². The molecule has 0 radical (unpaired) electrons. The fourth-order valence-corrected chi connectivity index (χ4v) is 2.19. The summed E-state index contributed by atoms with van der Waals surface area (Å²) in [6.07, 6.45) is 1.47. The zero-order chi connectivity index (χ0) is 13.1. The van der Waals surface area contributed by atoms with Crippen molar-refractivity contribution in [2.75, 3.05) is 12.0 Å². The first-order valence-electron chi connectivity index (χ1n) is 5.16. The minimum absolute atomic E-state index is 0.0505. The number of sulfone groups is 1. The molecule has 6 heteroatoms. The Labute approximate surface area is 99.6 Å². The van der Waals surface area contributed by atoms with E-state index in [0.29, 0.717) is 0 Å². The molecule has 0 aliphatic carbocycles. The van der Waals surface area contributed by atoms with E-state index in [4.69, 9.17) is 5.73 Å². The van der Waals surface area contributed by atoms with E-state index in [9.17, 15) is 17.2 Å². The molecule has 0 heterocycles.